The third-order valence-corrected chi connectivity index (χ3v) is 5.75. The average Bonchev–Trinajstić information content (AvgIpc) is 2.88. The molecular formula is C20H30N2O2. The van der Waals surface area contributed by atoms with Gasteiger partial charge in [-0.15, -0.1) is 0 Å². The molecule has 132 valence electrons. The van der Waals surface area contributed by atoms with E-state index in [0.717, 1.165) is 19.3 Å². The summed E-state index contributed by atoms with van der Waals surface area (Å²) in [6.07, 6.45) is 5.72. The molecule has 0 radical (unpaired) electrons. The number of nitrogens with zero attached hydrogens (tertiary/aromatic N) is 1. The summed E-state index contributed by atoms with van der Waals surface area (Å²) in [7, 11) is 0. The predicted octanol–water partition coefficient (Wildman–Crippen LogP) is 3.07. The fourth-order valence-electron chi connectivity index (χ4n) is 4.47. The van der Waals surface area contributed by atoms with Gasteiger partial charge in [0.2, 0.25) is 5.91 Å². The molecular weight excluding hydrogens is 300 g/mol. The average molecular weight is 330 g/mol. The lowest BCUT2D eigenvalue weighted by atomic mass is 9.83. The summed E-state index contributed by atoms with van der Waals surface area (Å²) in [4.78, 5) is 13.8. The smallest absolute Gasteiger partial charge is 0.220 e. The maximum atomic E-state index is 11.9. The molecule has 1 aromatic rings. The fourth-order valence-corrected chi connectivity index (χ4v) is 4.47. The second-order valence-electron chi connectivity index (χ2n) is 7.46. The molecule has 1 amide bonds. The van der Waals surface area contributed by atoms with Gasteiger partial charge in [0.15, 0.2) is 0 Å². The minimum atomic E-state index is 0.0318. The van der Waals surface area contributed by atoms with Crippen LogP contribution in [0, 0.1) is 0 Å². The normalized spacial score (nSPS) is 33.6. The monoisotopic (exact) mass is 330 g/mol. The van der Waals surface area contributed by atoms with Crippen LogP contribution in [0.3, 0.4) is 0 Å². The first-order valence-corrected chi connectivity index (χ1v) is 9.27. The first-order chi connectivity index (χ1) is 11.6. The van der Waals surface area contributed by atoms with Crippen LogP contribution in [0.4, 0.5) is 0 Å². The molecule has 0 spiro atoms. The lowest BCUT2D eigenvalue weighted by molar-refractivity contribution is -0.133. The molecule has 1 aliphatic carbocycles. The number of ether oxygens (including phenoxy) is 1. The molecule has 1 saturated carbocycles. The third-order valence-electron chi connectivity index (χ3n) is 5.75. The van der Waals surface area contributed by atoms with Crippen molar-refractivity contribution in [1.29, 1.82) is 0 Å². The number of carbonyl (C=O) groups is 1. The summed E-state index contributed by atoms with van der Waals surface area (Å²) < 4.78 is 6.18. The van der Waals surface area contributed by atoms with Crippen molar-refractivity contribution in [2.24, 2.45) is 5.73 Å². The van der Waals surface area contributed by atoms with Gasteiger partial charge >= 0.3 is 0 Å². The van der Waals surface area contributed by atoms with Crippen molar-refractivity contribution in [3.8, 4) is 0 Å². The molecule has 0 bridgehead atoms. The summed E-state index contributed by atoms with van der Waals surface area (Å²) >= 11 is 0. The van der Waals surface area contributed by atoms with E-state index in [4.69, 9.17) is 10.5 Å². The minimum Gasteiger partial charge on any atom is -0.376 e. The molecule has 4 heteroatoms. The van der Waals surface area contributed by atoms with E-state index in [0.29, 0.717) is 18.6 Å². The summed E-state index contributed by atoms with van der Waals surface area (Å²) in [5, 5.41) is 0. The molecule has 2 N–H and O–H groups in total. The number of hydrogen-bond acceptors (Lipinski definition) is 3. The molecule has 1 aromatic carbocycles. The highest BCUT2D eigenvalue weighted by atomic mass is 16.5. The molecule has 3 rings (SSSR count). The first kappa shape index (κ1) is 17.4. The van der Waals surface area contributed by atoms with Gasteiger partial charge in [0, 0.05) is 19.0 Å². The van der Waals surface area contributed by atoms with Gasteiger partial charge in [0.1, 0.15) is 0 Å². The summed E-state index contributed by atoms with van der Waals surface area (Å²) in [6.45, 7) is 4.28. The molecule has 0 unspecified atom stereocenters. The number of amides is 1. The highest BCUT2D eigenvalue weighted by Crippen LogP contribution is 2.34. The minimum absolute atomic E-state index is 0.0318. The van der Waals surface area contributed by atoms with E-state index in [-0.39, 0.29) is 24.0 Å². The molecule has 1 heterocycles. The predicted molar refractivity (Wildman–Crippen MR) is 95.8 cm³/mol. The van der Waals surface area contributed by atoms with Crippen LogP contribution in [-0.2, 0) is 9.53 Å². The van der Waals surface area contributed by atoms with Crippen LogP contribution in [0.15, 0.2) is 30.3 Å². The fraction of sp³-hybridized carbons (Fsp3) is 0.650. The number of benzene rings is 1. The molecule has 1 saturated heterocycles. The summed E-state index contributed by atoms with van der Waals surface area (Å²) in [5.41, 5.74) is 7.69. The van der Waals surface area contributed by atoms with Gasteiger partial charge in [-0.1, -0.05) is 30.3 Å². The Hall–Kier alpha value is -1.39. The Morgan fingerprint density at radius 3 is 2.50 bits per heavy atom. The van der Waals surface area contributed by atoms with E-state index in [1.807, 2.05) is 4.90 Å². The Labute approximate surface area is 145 Å². The molecule has 2 aliphatic rings. The van der Waals surface area contributed by atoms with Crippen LogP contribution in [-0.4, -0.2) is 41.6 Å². The number of carbonyl (C=O) groups excluding carboxylic acids is 1. The molecule has 4 nitrogen and oxygen atoms in total. The Morgan fingerprint density at radius 1 is 1.21 bits per heavy atom. The number of nitrogens with two attached hydrogens (primary N) is 1. The van der Waals surface area contributed by atoms with Crippen molar-refractivity contribution < 1.29 is 9.53 Å². The zero-order valence-electron chi connectivity index (χ0n) is 14.9. The van der Waals surface area contributed by atoms with Crippen LogP contribution in [0.5, 0.6) is 0 Å². The Balaban J connectivity index is 1.49. The van der Waals surface area contributed by atoms with Gasteiger partial charge in [-0.25, -0.2) is 0 Å². The van der Waals surface area contributed by atoms with Crippen molar-refractivity contribution in [3.05, 3.63) is 35.9 Å². The SMILES string of the molecule is CC(=O)N1[C@H](C)C[C@H](N)[C@@H]1COC1CCC(c2ccccc2)CC1. The second-order valence-corrected chi connectivity index (χ2v) is 7.46. The number of hydrogen-bond donors (Lipinski definition) is 1. The van der Waals surface area contributed by atoms with E-state index in [2.05, 4.69) is 37.3 Å². The van der Waals surface area contributed by atoms with Gasteiger partial charge < -0.3 is 15.4 Å². The molecule has 1 aliphatic heterocycles. The molecule has 2 fully saturated rings. The summed E-state index contributed by atoms with van der Waals surface area (Å²) in [5.74, 6) is 0.769. The lowest BCUT2D eigenvalue weighted by Crippen LogP contribution is -2.47. The second kappa shape index (κ2) is 7.66. The van der Waals surface area contributed by atoms with Gasteiger partial charge in [0.25, 0.3) is 0 Å². The number of rotatable bonds is 4. The van der Waals surface area contributed by atoms with Crippen LogP contribution in [0.2, 0.25) is 0 Å². The van der Waals surface area contributed by atoms with Gasteiger partial charge in [0.05, 0.1) is 18.8 Å². The van der Waals surface area contributed by atoms with Crippen molar-refractivity contribution in [2.75, 3.05) is 6.61 Å². The Kier molecular flexibility index (Phi) is 5.57. The van der Waals surface area contributed by atoms with Gasteiger partial charge in [-0.2, -0.15) is 0 Å². The van der Waals surface area contributed by atoms with Gasteiger partial charge in [-0.05, 0) is 50.5 Å². The third kappa shape index (κ3) is 3.81. The van der Waals surface area contributed by atoms with E-state index in [1.54, 1.807) is 6.92 Å². The van der Waals surface area contributed by atoms with E-state index < -0.39 is 0 Å². The van der Waals surface area contributed by atoms with Crippen molar-refractivity contribution in [2.45, 2.75) is 76.1 Å². The Morgan fingerprint density at radius 2 is 1.88 bits per heavy atom. The van der Waals surface area contributed by atoms with Gasteiger partial charge in [-0.3, -0.25) is 4.79 Å². The molecule has 0 aromatic heterocycles. The summed E-state index contributed by atoms with van der Waals surface area (Å²) in [6, 6.07) is 11.1. The zero-order valence-corrected chi connectivity index (χ0v) is 14.9. The standard InChI is InChI=1S/C20H30N2O2/c1-14-12-19(21)20(22(14)15(2)23)13-24-18-10-8-17(9-11-18)16-6-4-3-5-7-16/h3-7,14,17-20H,8-13,21H2,1-2H3/t14-,17?,18?,19+,20+/m1/s1. The quantitative estimate of drug-likeness (QED) is 0.923. The van der Waals surface area contributed by atoms with Crippen molar-refractivity contribution >= 4 is 5.91 Å². The van der Waals surface area contributed by atoms with Crippen LogP contribution < -0.4 is 5.73 Å². The molecule has 3 atom stereocenters. The van der Waals surface area contributed by atoms with Crippen LogP contribution in [0.1, 0.15) is 57.4 Å². The van der Waals surface area contributed by atoms with E-state index in [9.17, 15) is 4.79 Å². The Bertz CT molecular complexity index is 540. The van der Waals surface area contributed by atoms with E-state index in [1.165, 1.54) is 18.4 Å². The van der Waals surface area contributed by atoms with Crippen molar-refractivity contribution in [3.63, 3.8) is 0 Å². The highest BCUT2D eigenvalue weighted by Gasteiger charge is 2.39. The number of likely N-dealkylation sites (tertiary alicyclic amines) is 1. The van der Waals surface area contributed by atoms with Crippen LogP contribution in [0.25, 0.3) is 0 Å². The lowest BCUT2D eigenvalue weighted by Gasteiger charge is -2.33. The van der Waals surface area contributed by atoms with Crippen molar-refractivity contribution in [1.82, 2.24) is 4.90 Å². The largest absolute Gasteiger partial charge is 0.376 e. The molecule has 24 heavy (non-hydrogen) atoms. The maximum absolute atomic E-state index is 11.9. The maximum Gasteiger partial charge on any atom is 0.220 e. The van der Waals surface area contributed by atoms with E-state index >= 15 is 0 Å². The highest BCUT2D eigenvalue weighted by molar-refractivity contribution is 5.74. The van der Waals surface area contributed by atoms with Crippen LogP contribution >= 0.6 is 0 Å². The zero-order chi connectivity index (χ0) is 17.1. The first-order valence-electron chi connectivity index (χ1n) is 9.27. The topological polar surface area (TPSA) is 55.6 Å².